The Labute approximate surface area is 187 Å². The Morgan fingerprint density at radius 1 is 0.935 bits per heavy atom. The molecule has 31 heavy (non-hydrogen) atoms. The summed E-state index contributed by atoms with van der Waals surface area (Å²) in [5.74, 6) is 0.819. The maximum absolute atomic E-state index is 12.6. The van der Waals surface area contributed by atoms with E-state index in [2.05, 4.69) is 30.7 Å². The highest BCUT2D eigenvalue weighted by Crippen LogP contribution is 2.32. The first-order chi connectivity index (χ1) is 15.1. The number of aromatic nitrogens is 1. The van der Waals surface area contributed by atoms with Crippen LogP contribution in [-0.2, 0) is 0 Å². The molecule has 0 radical (unpaired) electrons. The molecule has 6 nitrogen and oxygen atoms in total. The Kier molecular flexibility index (Phi) is 5.11. The Hall–Kier alpha value is -3.32. The highest BCUT2D eigenvalue weighted by molar-refractivity contribution is 9.10. The topological polar surface area (TPSA) is 69.8 Å². The fourth-order valence-corrected chi connectivity index (χ4v) is 4.27. The molecule has 0 atom stereocenters. The van der Waals surface area contributed by atoms with E-state index in [1.807, 2.05) is 48.7 Å². The molecule has 4 aromatic rings. The first-order valence-corrected chi connectivity index (χ1v) is 10.9. The molecule has 3 heterocycles. The van der Waals surface area contributed by atoms with E-state index in [0.29, 0.717) is 16.5 Å². The average molecular weight is 478 g/mol. The number of piperazine rings is 1. The second kappa shape index (κ2) is 8.07. The number of hydrogen-bond acceptors (Lipinski definition) is 6. The summed E-state index contributed by atoms with van der Waals surface area (Å²) >= 11 is 3.34. The molecule has 2 aromatic heterocycles. The second-order valence-corrected chi connectivity index (χ2v) is 8.37. The largest absolute Gasteiger partial charge is 0.502 e. The van der Waals surface area contributed by atoms with Crippen LogP contribution in [0.2, 0.25) is 0 Å². The van der Waals surface area contributed by atoms with Crippen molar-refractivity contribution in [2.75, 3.05) is 36.0 Å². The minimum absolute atomic E-state index is 0.186. The van der Waals surface area contributed by atoms with Gasteiger partial charge in [0.15, 0.2) is 5.76 Å². The normalized spacial score (nSPS) is 14.2. The molecule has 2 aromatic carbocycles. The second-order valence-electron chi connectivity index (χ2n) is 7.46. The van der Waals surface area contributed by atoms with Gasteiger partial charge in [0.25, 0.3) is 0 Å². The number of fused-ring (bicyclic) bond motifs is 1. The van der Waals surface area contributed by atoms with E-state index >= 15 is 0 Å². The summed E-state index contributed by atoms with van der Waals surface area (Å²) in [6.07, 6.45) is 1.82. The summed E-state index contributed by atoms with van der Waals surface area (Å²) in [5.41, 5.74) is 1.76. The predicted octanol–water partition coefficient (Wildman–Crippen LogP) is 4.65. The van der Waals surface area contributed by atoms with Crippen LogP contribution >= 0.6 is 15.9 Å². The van der Waals surface area contributed by atoms with Crippen molar-refractivity contribution in [3.63, 3.8) is 0 Å². The lowest BCUT2D eigenvalue weighted by Gasteiger charge is -2.36. The molecule has 0 aliphatic carbocycles. The van der Waals surface area contributed by atoms with Crippen LogP contribution in [-0.4, -0.2) is 36.3 Å². The minimum Gasteiger partial charge on any atom is -0.502 e. The fraction of sp³-hybridized carbons (Fsp3) is 0.167. The van der Waals surface area contributed by atoms with Crippen molar-refractivity contribution < 1.29 is 9.52 Å². The Morgan fingerprint density at radius 2 is 1.68 bits per heavy atom. The molecule has 1 fully saturated rings. The molecule has 7 heteroatoms. The van der Waals surface area contributed by atoms with Crippen molar-refractivity contribution in [1.82, 2.24) is 4.98 Å². The van der Waals surface area contributed by atoms with Crippen LogP contribution in [0.4, 0.5) is 11.5 Å². The Balaban J connectivity index is 1.37. The van der Waals surface area contributed by atoms with Gasteiger partial charge in [-0.05, 0) is 54.6 Å². The molecular weight excluding hydrogens is 458 g/mol. The number of anilines is 2. The lowest BCUT2D eigenvalue weighted by Crippen LogP contribution is -2.46. The first kappa shape index (κ1) is 19.6. The summed E-state index contributed by atoms with van der Waals surface area (Å²) in [4.78, 5) is 21.6. The van der Waals surface area contributed by atoms with Crippen molar-refractivity contribution in [2.45, 2.75) is 0 Å². The highest BCUT2D eigenvalue weighted by atomic mass is 79.9. The van der Waals surface area contributed by atoms with E-state index < -0.39 is 5.43 Å². The van der Waals surface area contributed by atoms with Crippen LogP contribution in [0.25, 0.3) is 22.3 Å². The van der Waals surface area contributed by atoms with Crippen LogP contribution in [0.5, 0.6) is 5.75 Å². The van der Waals surface area contributed by atoms with E-state index in [4.69, 9.17) is 4.42 Å². The standard InChI is InChI=1S/C24H20BrN3O3/c25-17-6-9-20-19(15-17)22(29)23(30)24(31-20)16-4-7-18(8-5-16)27-11-13-28(14-12-27)21-3-1-2-10-26-21/h1-10,15,30H,11-14H2. The first-order valence-electron chi connectivity index (χ1n) is 10.1. The predicted molar refractivity (Wildman–Crippen MR) is 126 cm³/mol. The summed E-state index contributed by atoms with van der Waals surface area (Å²) in [6, 6.07) is 18.9. The van der Waals surface area contributed by atoms with Crippen molar-refractivity contribution in [1.29, 1.82) is 0 Å². The van der Waals surface area contributed by atoms with E-state index in [0.717, 1.165) is 42.2 Å². The van der Waals surface area contributed by atoms with E-state index in [9.17, 15) is 9.90 Å². The van der Waals surface area contributed by atoms with Crippen molar-refractivity contribution in [2.24, 2.45) is 0 Å². The molecule has 156 valence electrons. The molecule has 0 unspecified atom stereocenters. The zero-order valence-corrected chi connectivity index (χ0v) is 18.2. The number of benzene rings is 2. The molecular formula is C24H20BrN3O3. The molecule has 0 spiro atoms. The molecule has 0 amide bonds. The number of aromatic hydroxyl groups is 1. The summed E-state index contributed by atoms with van der Waals surface area (Å²) in [5, 5.41) is 10.8. The quantitative estimate of drug-likeness (QED) is 0.463. The van der Waals surface area contributed by atoms with Gasteiger partial charge in [-0.25, -0.2) is 4.98 Å². The SMILES string of the molecule is O=c1c(O)c(-c2ccc(N3CCN(c4ccccn4)CC3)cc2)oc2ccc(Br)cc12. The number of hydrogen-bond donors (Lipinski definition) is 1. The molecule has 1 aliphatic rings. The lowest BCUT2D eigenvalue weighted by molar-refractivity contribution is 0.449. The zero-order chi connectivity index (χ0) is 21.4. The third-order valence-corrected chi connectivity index (χ3v) is 6.07. The van der Waals surface area contributed by atoms with E-state index in [-0.39, 0.29) is 11.5 Å². The van der Waals surface area contributed by atoms with Gasteiger partial charge in [-0.2, -0.15) is 0 Å². The van der Waals surface area contributed by atoms with Crippen LogP contribution in [0, 0.1) is 0 Å². The summed E-state index contributed by atoms with van der Waals surface area (Å²) in [7, 11) is 0. The van der Waals surface area contributed by atoms with Crippen molar-refractivity contribution in [3.05, 3.63) is 81.6 Å². The number of rotatable bonds is 3. The van der Waals surface area contributed by atoms with Gasteiger partial charge in [0.05, 0.1) is 5.39 Å². The van der Waals surface area contributed by atoms with Crippen LogP contribution < -0.4 is 15.2 Å². The van der Waals surface area contributed by atoms with Gasteiger partial charge in [-0.3, -0.25) is 4.79 Å². The summed E-state index contributed by atoms with van der Waals surface area (Å²) < 4.78 is 6.62. The Morgan fingerprint density at radius 3 is 2.39 bits per heavy atom. The van der Waals surface area contributed by atoms with Crippen LogP contribution in [0.3, 0.4) is 0 Å². The van der Waals surface area contributed by atoms with Gasteiger partial charge >= 0.3 is 0 Å². The summed E-state index contributed by atoms with van der Waals surface area (Å²) in [6.45, 7) is 3.57. The van der Waals surface area contributed by atoms with Gasteiger partial charge in [-0.1, -0.05) is 22.0 Å². The molecule has 1 N–H and O–H groups in total. The maximum Gasteiger partial charge on any atom is 0.235 e. The Bertz CT molecular complexity index is 1280. The molecule has 1 saturated heterocycles. The molecule has 5 rings (SSSR count). The van der Waals surface area contributed by atoms with Crippen LogP contribution in [0.15, 0.2) is 80.5 Å². The maximum atomic E-state index is 12.6. The third kappa shape index (κ3) is 3.77. The van der Waals surface area contributed by atoms with Crippen LogP contribution in [0.1, 0.15) is 0 Å². The molecule has 1 aliphatic heterocycles. The number of pyridine rings is 1. The average Bonchev–Trinajstić information content (AvgIpc) is 2.82. The van der Waals surface area contributed by atoms with Gasteiger partial charge < -0.3 is 19.3 Å². The van der Waals surface area contributed by atoms with Gasteiger partial charge in [-0.15, -0.1) is 0 Å². The zero-order valence-electron chi connectivity index (χ0n) is 16.7. The monoisotopic (exact) mass is 477 g/mol. The van der Waals surface area contributed by atoms with E-state index in [1.165, 1.54) is 0 Å². The van der Waals surface area contributed by atoms with Crippen molar-refractivity contribution >= 4 is 38.4 Å². The molecule has 0 saturated carbocycles. The number of nitrogens with zero attached hydrogens (tertiary/aromatic N) is 3. The van der Waals surface area contributed by atoms with Gasteiger partial charge in [0.2, 0.25) is 11.2 Å². The van der Waals surface area contributed by atoms with Crippen molar-refractivity contribution in [3.8, 4) is 17.1 Å². The smallest absolute Gasteiger partial charge is 0.235 e. The fourth-order valence-electron chi connectivity index (χ4n) is 3.91. The number of halogens is 1. The third-order valence-electron chi connectivity index (χ3n) is 5.58. The minimum atomic E-state index is -0.438. The lowest BCUT2D eigenvalue weighted by atomic mass is 10.1. The van der Waals surface area contributed by atoms with E-state index in [1.54, 1.807) is 18.2 Å². The highest BCUT2D eigenvalue weighted by Gasteiger charge is 2.19. The van der Waals surface area contributed by atoms with Gasteiger partial charge in [0.1, 0.15) is 11.4 Å². The van der Waals surface area contributed by atoms with Gasteiger partial charge in [0, 0.05) is 48.1 Å². The molecule has 0 bridgehead atoms.